The van der Waals surface area contributed by atoms with Crippen molar-refractivity contribution >= 4 is 45.8 Å². The van der Waals surface area contributed by atoms with Gasteiger partial charge in [0.15, 0.2) is 0 Å². The molecule has 0 atom stereocenters. The standard InChI is InChI=1S/C28H32N8O3/c1-6-7-11-34-17-20(16-30-34)31-26-29-15-19-14-22(25(37)32-24(19)33-26)35-12-13-36(27(38)39-28(3,4)5)23-18(2)9-8-10-21(23)35/h6,8-10,14-17H,1,7,11-13H2,2-5H3,(H2,29,31,32,33,37). The van der Waals surface area contributed by atoms with Crippen LogP contribution in [0, 0.1) is 6.92 Å². The van der Waals surface area contributed by atoms with Gasteiger partial charge in [0.05, 0.1) is 23.3 Å². The summed E-state index contributed by atoms with van der Waals surface area (Å²) < 4.78 is 7.46. The fourth-order valence-electron chi connectivity index (χ4n) is 4.54. The Bertz CT molecular complexity index is 1600. The molecule has 1 aliphatic heterocycles. The zero-order chi connectivity index (χ0) is 27.7. The number of carbonyl (C=O) groups excluding carboxylic acids is 1. The van der Waals surface area contributed by atoms with Crippen LogP contribution in [0.15, 0.2) is 60.3 Å². The topological polar surface area (TPSA) is 121 Å². The number of para-hydroxylation sites is 1. The number of ether oxygens (including phenoxy) is 1. The Balaban J connectivity index is 1.44. The van der Waals surface area contributed by atoms with Gasteiger partial charge in [-0.3, -0.25) is 14.4 Å². The first kappa shape index (κ1) is 26.0. The number of aryl methyl sites for hydroxylation is 2. The van der Waals surface area contributed by atoms with Crippen molar-refractivity contribution in [2.45, 2.75) is 46.3 Å². The zero-order valence-corrected chi connectivity index (χ0v) is 22.6. The lowest BCUT2D eigenvalue weighted by Crippen LogP contribution is -2.46. The van der Waals surface area contributed by atoms with Gasteiger partial charge in [0.1, 0.15) is 16.9 Å². The average Bonchev–Trinajstić information content (AvgIpc) is 3.33. The van der Waals surface area contributed by atoms with Crippen LogP contribution in [0.2, 0.25) is 0 Å². The van der Waals surface area contributed by atoms with E-state index in [2.05, 4.69) is 31.9 Å². The van der Waals surface area contributed by atoms with Crippen LogP contribution in [0.25, 0.3) is 11.0 Å². The highest BCUT2D eigenvalue weighted by Gasteiger charge is 2.32. The molecule has 0 saturated heterocycles. The van der Waals surface area contributed by atoms with E-state index in [9.17, 15) is 9.59 Å². The average molecular weight is 529 g/mol. The summed E-state index contributed by atoms with van der Waals surface area (Å²) in [6, 6.07) is 7.53. The van der Waals surface area contributed by atoms with Crippen molar-refractivity contribution in [2.75, 3.05) is 28.2 Å². The van der Waals surface area contributed by atoms with Crippen molar-refractivity contribution in [1.82, 2.24) is 24.7 Å². The minimum absolute atomic E-state index is 0.289. The number of hydrogen-bond donors (Lipinski definition) is 2. The van der Waals surface area contributed by atoms with E-state index >= 15 is 0 Å². The van der Waals surface area contributed by atoms with Gasteiger partial charge >= 0.3 is 6.09 Å². The molecule has 0 saturated carbocycles. The maximum Gasteiger partial charge on any atom is 0.414 e. The molecule has 11 nitrogen and oxygen atoms in total. The molecule has 4 aromatic rings. The molecule has 0 aliphatic carbocycles. The van der Waals surface area contributed by atoms with E-state index in [1.54, 1.807) is 28.0 Å². The minimum atomic E-state index is -0.619. The molecule has 39 heavy (non-hydrogen) atoms. The van der Waals surface area contributed by atoms with Gasteiger partial charge < -0.3 is 19.9 Å². The Hall–Kier alpha value is -4.67. The fourth-order valence-corrected chi connectivity index (χ4v) is 4.54. The zero-order valence-electron chi connectivity index (χ0n) is 22.6. The highest BCUT2D eigenvalue weighted by atomic mass is 16.6. The molecule has 1 aromatic carbocycles. The Kier molecular flexibility index (Phi) is 6.81. The van der Waals surface area contributed by atoms with Gasteiger partial charge in [-0.1, -0.05) is 18.2 Å². The number of aromatic nitrogens is 5. The van der Waals surface area contributed by atoms with Crippen molar-refractivity contribution < 1.29 is 9.53 Å². The van der Waals surface area contributed by atoms with E-state index in [0.29, 0.717) is 35.8 Å². The molecule has 0 bridgehead atoms. The molecule has 0 fully saturated rings. The molecule has 0 spiro atoms. The molecule has 0 unspecified atom stereocenters. The molecule has 3 aromatic heterocycles. The van der Waals surface area contributed by atoms with Gasteiger partial charge in [0, 0.05) is 37.4 Å². The normalized spacial score (nSPS) is 13.3. The molecule has 0 radical (unpaired) electrons. The molecule has 5 rings (SSSR count). The van der Waals surface area contributed by atoms with Gasteiger partial charge in [-0.25, -0.2) is 9.78 Å². The van der Waals surface area contributed by atoms with Crippen molar-refractivity contribution in [3.63, 3.8) is 0 Å². The number of nitrogens with zero attached hydrogens (tertiary/aromatic N) is 6. The number of rotatable bonds is 6. The van der Waals surface area contributed by atoms with Gasteiger partial charge in [0.2, 0.25) is 5.95 Å². The number of anilines is 5. The Morgan fingerprint density at radius 3 is 2.82 bits per heavy atom. The van der Waals surface area contributed by atoms with E-state index in [1.807, 2.05) is 63.1 Å². The second-order valence-electron chi connectivity index (χ2n) is 10.4. The lowest BCUT2D eigenvalue weighted by atomic mass is 10.1. The molecule has 11 heteroatoms. The van der Waals surface area contributed by atoms with Crippen LogP contribution in [0.4, 0.5) is 33.5 Å². The van der Waals surface area contributed by atoms with Crippen LogP contribution in [-0.2, 0) is 11.3 Å². The van der Waals surface area contributed by atoms with E-state index in [0.717, 1.165) is 35.6 Å². The van der Waals surface area contributed by atoms with E-state index in [1.165, 1.54) is 0 Å². The van der Waals surface area contributed by atoms with Gasteiger partial charge in [-0.15, -0.1) is 6.58 Å². The first-order chi connectivity index (χ1) is 18.6. The molecule has 202 valence electrons. The first-order valence-corrected chi connectivity index (χ1v) is 12.8. The number of amides is 1. The van der Waals surface area contributed by atoms with E-state index < -0.39 is 11.7 Å². The molecule has 1 amide bonds. The quantitative estimate of drug-likeness (QED) is 0.334. The summed E-state index contributed by atoms with van der Waals surface area (Å²) in [5.74, 6) is 0.348. The molecule has 2 N–H and O–H groups in total. The van der Waals surface area contributed by atoms with Crippen molar-refractivity contribution in [3.8, 4) is 0 Å². The molecule has 1 aliphatic rings. The third-order valence-electron chi connectivity index (χ3n) is 6.25. The third-order valence-corrected chi connectivity index (χ3v) is 6.25. The Labute approximate surface area is 226 Å². The summed E-state index contributed by atoms with van der Waals surface area (Å²) >= 11 is 0. The van der Waals surface area contributed by atoms with Crippen molar-refractivity contribution in [3.05, 3.63) is 71.4 Å². The van der Waals surface area contributed by atoms with E-state index in [4.69, 9.17) is 4.74 Å². The number of hydrogen-bond acceptors (Lipinski definition) is 8. The van der Waals surface area contributed by atoms with Crippen LogP contribution in [0.5, 0.6) is 0 Å². The summed E-state index contributed by atoms with van der Waals surface area (Å²) in [7, 11) is 0. The smallest absolute Gasteiger partial charge is 0.414 e. The van der Waals surface area contributed by atoms with Gasteiger partial charge in [-0.2, -0.15) is 10.1 Å². The van der Waals surface area contributed by atoms with Crippen LogP contribution in [0.1, 0.15) is 32.8 Å². The van der Waals surface area contributed by atoms with Crippen LogP contribution < -0.4 is 20.7 Å². The number of carbonyl (C=O) groups is 1. The number of benzene rings is 1. The molecular weight excluding hydrogens is 496 g/mol. The molecule has 4 heterocycles. The summed E-state index contributed by atoms with van der Waals surface area (Å²) in [4.78, 5) is 41.7. The summed E-state index contributed by atoms with van der Waals surface area (Å²) in [6.45, 7) is 12.7. The largest absolute Gasteiger partial charge is 0.443 e. The highest BCUT2D eigenvalue weighted by Crippen LogP contribution is 2.40. The lowest BCUT2D eigenvalue weighted by Gasteiger charge is -2.38. The number of pyridine rings is 1. The first-order valence-electron chi connectivity index (χ1n) is 12.8. The number of H-pyrrole nitrogens is 1. The second kappa shape index (κ2) is 10.2. The number of nitrogens with one attached hydrogen (secondary N) is 2. The highest BCUT2D eigenvalue weighted by molar-refractivity contribution is 5.97. The maximum absolute atomic E-state index is 13.3. The second-order valence-corrected chi connectivity index (χ2v) is 10.4. The van der Waals surface area contributed by atoms with Gasteiger partial charge in [0.25, 0.3) is 5.56 Å². The lowest BCUT2D eigenvalue weighted by molar-refractivity contribution is 0.0580. The predicted molar refractivity (Wildman–Crippen MR) is 152 cm³/mol. The predicted octanol–water partition coefficient (Wildman–Crippen LogP) is 5.04. The fraction of sp³-hybridized carbons (Fsp3) is 0.321. The number of allylic oxidation sites excluding steroid dienone is 1. The molecular formula is C28H32N8O3. The number of fused-ring (bicyclic) bond motifs is 2. The number of aromatic amines is 1. The SMILES string of the molecule is C=CCCn1cc(Nc2ncc3cc(N4CCN(C(=O)OC(C)(C)C)c5c(C)cccc54)c(=O)[nH]c3n2)cn1. The summed E-state index contributed by atoms with van der Waals surface area (Å²) in [6.07, 6.45) is 7.46. The summed E-state index contributed by atoms with van der Waals surface area (Å²) in [5, 5.41) is 8.11. The Morgan fingerprint density at radius 2 is 2.05 bits per heavy atom. The van der Waals surface area contributed by atoms with Crippen molar-refractivity contribution in [1.29, 1.82) is 0 Å². The third kappa shape index (κ3) is 5.47. The van der Waals surface area contributed by atoms with Crippen LogP contribution >= 0.6 is 0 Å². The Morgan fingerprint density at radius 1 is 1.23 bits per heavy atom. The summed E-state index contributed by atoms with van der Waals surface area (Å²) in [5.41, 5.74) is 3.09. The van der Waals surface area contributed by atoms with Crippen molar-refractivity contribution in [2.24, 2.45) is 0 Å². The van der Waals surface area contributed by atoms with E-state index in [-0.39, 0.29) is 5.56 Å². The maximum atomic E-state index is 13.3. The monoisotopic (exact) mass is 528 g/mol. The minimum Gasteiger partial charge on any atom is -0.443 e. The van der Waals surface area contributed by atoms with Crippen LogP contribution in [-0.4, -0.2) is 49.5 Å². The van der Waals surface area contributed by atoms with Crippen LogP contribution in [0.3, 0.4) is 0 Å². The van der Waals surface area contributed by atoms with Gasteiger partial charge in [-0.05, 0) is 51.8 Å².